The summed E-state index contributed by atoms with van der Waals surface area (Å²) in [6.45, 7) is 0. The van der Waals surface area contributed by atoms with Gasteiger partial charge in [-0.2, -0.15) is 34.8 Å². The van der Waals surface area contributed by atoms with Crippen molar-refractivity contribution in [1.82, 2.24) is 4.72 Å². The second kappa shape index (κ2) is 4.75. The quantitative estimate of drug-likeness (QED) is 0.484. The summed E-state index contributed by atoms with van der Waals surface area (Å²) < 4.78 is 137. The molecule has 2 N–H and O–H groups in total. The Bertz CT molecular complexity index is 901. The lowest BCUT2D eigenvalue weighted by molar-refractivity contribution is -0.248. The van der Waals surface area contributed by atoms with Gasteiger partial charge in [-0.15, -0.1) is 0 Å². The van der Waals surface area contributed by atoms with Gasteiger partial charge in [0.2, 0.25) is 0 Å². The highest BCUT2D eigenvalue weighted by Gasteiger charge is 2.86. The van der Waals surface area contributed by atoms with E-state index in [1.54, 1.807) is 0 Å². The first kappa shape index (κ1) is 19.7. The van der Waals surface area contributed by atoms with Gasteiger partial charge in [-0.3, -0.25) is 4.55 Å². The summed E-state index contributed by atoms with van der Waals surface area (Å²) >= 11 is 0. The van der Waals surface area contributed by atoms with Crippen LogP contribution in [0.4, 0.5) is 26.3 Å². The van der Waals surface area contributed by atoms with E-state index in [-0.39, 0.29) is 24.7 Å². The molecular formula is C13H15F6NO5S2. The lowest BCUT2D eigenvalue weighted by Crippen LogP contribution is -2.81. The number of hydrogen-bond donors (Lipinski definition) is 2. The fourth-order valence-electron chi connectivity index (χ4n) is 6.18. The van der Waals surface area contributed by atoms with Gasteiger partial charge < -0.3 is 0 Å². The molecule has 4 rings (SSSR count). The largest absolute Gasteiger partial charge is 0.439 e. The molecule has 2 bridgehead atoms. The number of sulfonamides is 1. The summed E-state index contributed by atoms with van der Waals surface area (Å²) in [5.41, 5.74) is -2.00. The summed E-state index contributed by atoms with van der Waals surface area (Å²) in [6.07, 6.45) is 2.43. The standard InChI is InChI=1S/C13H15F6NO5S2/c14-11(15,13(18,19)27(23,24)25)12(16,17)26(21,22)20-9-4-7-1-6-2-8(5-9)10(7,9)3-6/h6-8,20H,1-5H2,(H,23,24,25). The Morgan fingerprint density at radius 2 is 1.33 bits per heavy atom. The van der Waals surface area contributed by atoms with Gasteiger partial charge in [-0.05, 0) is 55.3 Å². The highest BCUT2D eigenvalue weighted by molar-refractivity contribution is 7.91. The molecule has 4 aliphatic carbocycles. The zero-order valence-corrected chi connectivity index (χ0v) is 15.1. The maximum atomic E-state index is 14.0. The van der Waals surface area contributed by atoms with Gasteiger partial charge in [-0.25, -0.2) is 13.1 Å². The van der Waals surface area contributed by atoms with Crippen molar-refractivity contribution < 1.29 is 47.7 Å². The average molecular weight is 443 g/mol. The van der Waals surface area contributed by atoms with Crippen LogP contribution >= 0.6 is 0 Å². The lowest BCUT2D eigenvalue weighted by atomic mass is 9.34. The van der Waals surface area contributed by atoms with E-state index in [0.29, 0.717) is 12.3 Å². The van der Waals surface area contributed by atoms with Crippen LogP contribution < -0.4 is 4.72 Å². The molecule has 14 heteroatoms. The molecule has 0 aliphatic heterocycles. The number of nitrogens with one attached hydrogen (secondary N) is 1. The van der Waals surface area contributed by atoms with Gasteiger partial charge >= 0.3 is 26.5 Å². The second-order valence-electron chi connectivity index (χ2n) is 8.15. The number of rotatable bonds is 6. The van der Waals surface area contributed by atoms with E-state index in [9.17, 15) is 43.2 Å². The molecule has 0 saturated heterocycles. The molecule has 2 atom stereocenters. The zero-order chi connectivity index (χ0) is 20.5. The van der Waals surface area contributed by atoms with Crippen LogP contribution in [0.25, 0.3) is 0 Å². The molecule has 1 spiro atoms. The van der Waals surface area contributed by atoms with Crippen molar-refractivity contribution in [3.8, 4) is 0 Å². The highest BCUT2D eigenvalue weighted by Crippen LogP contribution is 2.83. The predicted octanol–water partition coefficient (Wildman–Crippen LogP) is 2.19. The second-order valence-corrected chi connectivity index (χ2v) is 11.3. The fraction of sp³-hybridized carbons (Fsp3) is 1.00. The maximum absolute atomic E-state index is 14.0. The van der Waals surface area contributed by atoms with E-state index in [4.69, 9.17) is 4.55 Å². The van der Waals surface area contributed by atoms with Crippen LogP contribution in [-0.2, 0) is 20.1 Å². The molecular weight excluding hydrogens is 428 g/mol. The van der Waals surface area contributed by atoms with Crippen molar-refractivity contribution >= 4 is 20.1 Å². The normalized spacial score (nSPS) is 41.1. The van der Waals surface area contributed by atoms with Crippen LogP contribution in [0.3, 0.4) is 0 Å². The Morgan fingerprint density at radius 3 is 1.74 bits per heavy atom. The van der Waals surface area contributed by atoms with Gasteiger partial charge in [0.05, 0.1) is 0 Å². The Kier molecular flexibility index (Phi) is 3.47. The third-order valence-corrected chi connectivity index (χ3v) is 9.62. The number of alkyl halides is 6. The van der Waals surface area contributed by atoms with Gasteiger partial charge in [0.25, 0.3) is 10.0 Å². The van der Waals surface area contributed by atoms with Gasteiger partial charge in [0.15, 0.2) is 0 Å². The minimum absolute atomic E-state index is 0.0751. The number of hydrogen-bond acceptors (Lipinski definition) is 4. The van der Waals surface area contributed by atoms with Crippen LogP contribution in [0.1, 0.15) is 32.1 Å². The summed E-state index contributed by atoms with van der Waals surface area (Å²) in [6, 6.07) is 0. The van der Waals surface area contributed by atoms with Crippen LogP contribution in [0, 0.1) is 23.2 Å². The van der Waals surface area contributed by atoms with E-state index < -0.39 is 47.5 Å². The molecule has 0 aromatic carbocycles. The molecule has 0 amide bonds. The Morgan fingerprint density at radius 1 is 0.852 bits per heavy atom. The summed E-state index contributed by atoms with van der Waals surface area (Å²) in [4.78, 5) is 0. The molecule has 4 saturated carbocycles. The predicted molar refractivity (Wildman–Crippen MR) is 77.2 cm³/mol. The number of fused-ring (bicyclic) bond motifs is 1. The van der Waals surface area contributed by atoms with Crippen LogP contribution in [0.2, 0.25) is 0 Å². The molecule has 4 aliphatic rings. The summed E-state index contributed by atoms with van der Waals surface area (Å²) in [7, 11) is -13.4. The van der Waals surface area contributed by atoms with Crippen LogP contribution in [0.15, 0.2) is 0 Å². The third kappa shape index (κ3) is 1.91. The minimum Gasteiger partial charge on any atom is -0.281 e. The van der Waals surface area contributed by atoms with Crippen molar-refractivity contribution in [3.05, 3.63) is 0 Å². The van der Waals surface area contributed by atoms with Crippen LogP contribution in [0.5, 0.6) is 0 Å². The van der Waals surface area contributed by atoms with E-state index in [1.165, 1.54) is 4.72 Å². The van der Waals surface area contributed by atoms with E-state index in [2.05, 4.69) is 0 Å². The molecule has 0 aromatic rings. The molecule has 6 nitrogen and oxygen atoms in total. The topological polar surface area (TPSA) is 101 Å². The third-order valence-electron chi connectivity index (χ3n) is 7.12. The lowest BCUT2D eigenvalue weighted by Gasteiger charge is -2.74. The van der Waals surface area contributed by atoms with Crippen molar-refractivity contribution in [2.75, 3.05) is 0 Å². The highest BCUT2D eigenvalue weighted by atomic mass is 32.2. The molecule has 2 unspecified atom stereocenters. The minimum atomic E-state index is -7.01. The van der Waals surface area contributed by atoms with Crippen molar-refractivity contribution in [2.45, 2.75) is 54.1 Å². The summed E-state index contributed by atoms with van der Waals surface area (Å²) in [5.74, 6) is -6.44. The molecule has 156 valence electrons. The number of halogens is 6. The molecule has 0 heterocycles. The van der Waals surface area contributed by atoms with E-state index in [1.807, 2.05) is 0 Å². The van der Waals surface area contributed by atoms with Crippen molar-refractivity contribution in [2.24, 2.45) is 23.2 Å². The SMILES string of the molecule is O=S(=O)(O)C(F)(F)C(F)(F)C(F)(F)S(=O)(=O)NC12CC3CC4CC(C1)C32C4. The first-order valence-electron chi connectivity index (χ1n) is 8.09. The van der Waals surface area contributed by atoms with Gasteiger partial charge in [0.1, 0.15) is 0 Å². The Balaban J connectivity index is 1.66. The van der Waals surface area contributed by atoms with Gasteiger partial charge in [-0.1, -0.05) is 0 Å². The fourth-order valence-corrected chi connectivity index (χ4v) is 8.16. The average Bonchev–Trinajstić information content (AvgIpc) is 2.98. The zero-order valence-electron chi connectivity index (χ0n) is 13.4. The van der Waals surface area contributed by atoms with Crippen LogP contribution in [-0.4, -0.2) is 43.4 Å². The molecule has 27 heavy (non-hydrogen) atoms. The van der Waals surface area contributed by atoms with Gasteiger partial charge in [0, 0.05) is 5.54 Å². The Labute approximate surface area is 150 Å². The monoisotopic (exact) mass is 443 g/mol. The molecule has 4 fully saturated rings. The first-order valence-corrected chi connectivity index (χ1v) is 11.0. The molecule has 0 aromatic heterocycles. The Hall–Kier alpha value is -0.600. The van der Waals surface area contributed by atoms with Crippen molar-refractivity contribution in [3.63, 3.8) is 0 Å². The first-order chi connectivity index (χ1) is 12.0. The van der Waals surface area contributed by atoms with E-state index >= 15 is 0 Å². The van der Waals surface area contributed by atoms with E-state index in [0.717, 1.165) is 12.8 Å². The molecule has 0 radical (unpaired) electrons. The summed E-state index contributed by atoms with van der Waals surface area (Å²) in [5, 5.41) is -13.2. The van der Waals surface area contributed by atoms with Crippen molar-refractivity contribution in [1.29, 1.82) is 0 Å². The maximum Gasteiger partial charge on any atom is 0.439 e. The smallest absolute Gasteiger partial charge is 0.281 e.